The Balaban J connectivity index is 1.20. The molecule has 0 saturated carbocycles. The molecule has 0 unspecified atom stereocenters. The summed E-state index contributed by atoms with van der Waals surface area (Å²) in [6.45, 7) is 7.12. The average molecular weight is 625 g/mol. The summed E-state index contributed by atoms with van der Waals surface area (Å²) in [6, 6.07) is 15.4. The first-order chi connectivity index (χ1) is 21.6. The molecule has 0 aromatic heterocycles. The molecule has 246 valence electrons. The summed E-state index contributed by atoms with van der Waals surface area (Å²) in [7, 11) is 0. The van der Waals surface area contributed by atoms with Crippen LogP contribution in [0.1, 0.15) is 5.56 Å². The van der Waals surface area contributed by atoms with Gasteiger partial charge in [-0.25, -0.2) is 4.79 Å². The quantitative estimate of drug-likeness (QED) is 0.0840. The summed E-state index contributed by atoms with van der Waals surface area (Å²) in [5.74, 6) is 0.552. The van der Waals surface area contributed by atoms with E-state index in [0.29, 0.717) is 111 Å². The smallest absolute Gasteiger partial charge is 0.407 e. The number of alkyl carbamates (subject to hydrolysis) is 1. The van der Waals surface area contributed by atoms with Crippen LogP contribution in [0.15, 0.2) is 54.6 Å². The van der Waals surface area contributed by atoms with Gasteiger partial charge < -0.3 is 47.9 Å². The van der Waals surface area contributed by atoms with E-state index in [1.807, 2.05) is 30.3 Å². The minimum Gasteiger partial charge on any atom is -0.491 e. The lowest BCUT2D eigenvalue weighted by atomic mass is 10.2. The molecule has 0 saturated heterocycles. The number of nitrogens with one attached hydrogen (secondary N) is 1. The van der Waals surface area contributed by atoms with Crippen molar-refractivity contribution in [2.45, 2.75) is 6.61 Å². The fourth-order valence-corrected chi connectivity index (χ4v) is 3.30. The molecule has 0 radical (unpaired) electrons. The van der Waals surface area contributed by atoms with E-state index in [1.54, 1.807) is 12.1 Å². The van der Waals surface area contributed by atoms with Gasteiger partial charge in [0.05, 0.1) is 97.4 Å². The van der Waals surface area contributed by atoms with Crippen LogP contribution in [-0.2, 0) is 44.5 Å². The lowest BCUT2D eigenvalue weighted by molar-refractivity contribution is -0.384. The molecule has 14 heteroatoms. The zero-order valence-corrected chi connectivity index (χ0v) is 25.1. The zero-order chi connectivity index (χ0) is 31.3. The van der Waals surface area contributed by atoms with E-state index in [-0.39, 0.29) is 12.3 Å². The van der Waals surface area contributed by atoms with Crippen LogP contribution in [0.4, 0.5) is 10.5 Å². The van der Waals surface area contributed by atoms with E-state index in [9.17, 15) is 14.9 Å². The number of carbonyl (C=O) groups is 1. The SMILES string of the molecule is O=C(NCCOCCOCCOCCOCCOCCOCCOCCOc1ccc([N+](=O)[O-])cc1)OCc1ccccc1. The van der Waals surface area contributed by atoms with Gasteiger partial charge in [0.25, 0.3) is 5.69 Å². The van der Waals surface area contributed by atoms with Crippen molar-refractivity contribution >= 4 is 11.8 Å². The molecular weight excluding hydrogens is 580 g/mol. The predicted octanol–water partition coefficient (Wildman–Crippen LogP) is 3.02. The van der Waals surface area contributed by atoms with Gasteiger partial charge in [-0.05, 0) is 17.7 Å². The molecule has 1 amide bonds. The Hall–Kier alpha value is -3.37. The fraction of sp³-hybridized carbons (Fsp3) is 0.567. The number of hydrogen-bond donors (Lipinski definition) is 1. The van der Waals surface area contributed by atoms with Crippen molar-refractivity contribution in [1.29, 1.82) is 0 Å². The average Bonchev–Trinajstić information content (AvgIpc) is 3.04. The first-order valence-electron chi connectivity index (χ1n) is 14.5. The van der Waals surface area contributed by atoms with E-state index in [1.165, 1.54) is 12.1 Å². The molecule has 0 aliphatic heterocycles. The minimum absolute atomic E-state index is 0.0221. The van der Waals surface area contributed by atoms with E-state index < -0.39 is 11.0 Å². The molecule has 0 aliphatic rings. The fourth-order valence-electron chi connectivity index (χ4n) is 3.30. The Morgan fingerprint density at radius 2 is 1.02 bits per heavy atom. The third-order valence-corrected chi connectivity index (χ3v) is 5.50. The lowest BCUT2D eigenvalue weighted by Gasteiger charge is -2.09. The van der Waals surface area contributed by atoms with Crippen molar-refractivity contribution in [3.8, 4) is 5.75 Å². The van der Waals surface area contributed by atoms with Gasteiger partial charge in [0, 0.05) is 18.7 Å². The van der Waals surface area contributed by atoms with Crippen LogP contribution in [0.3, 0.4) is 0 Å². The normalized spacial score (nSPS) is 10.9. The van der Waals surface area contributed by atoms with Gasteiger partial charge in [0.15, 0.2) is 0 Å². The van der Waals surface area contributed by atoms with E-state index in [0.717, 1.165) is 5.56 Å². The molecule has 1 N–H and O–H groups in total. The van der Waals surface area contributed by atoms with Gasteiger partial charge in [-0.15, -0.1) is 0 Å². The maximum absolute atomic E-state index is 11.6. The van der Waals surface area contributed by atoms with E-state index >= 15 is 0 Å². The van der Waals surface area contributed by atoms with Crippen molar-refractivity contribution in [2.24, 2.45) is 0 Å². The Bertz CT molecular complexity index is 982. The summed E-state index contributed by atoms with van der Waals surface area (Å²) in [6.07, 6.45) is -0.476. The van der Waals surface area contributed by atoms with E-state index in [2.05, 4.69) is 5.32 Å². The van der Waals surface area contributed by atoms with Crippen LogP contribution in [0, 0.1) is 10.1 Å². The third kappa shape index (κ3) is 20.5. The lowest BCUT2D eigenvalue weighted by Crippen LogP contribution is -2.28. The number of amides is 1. The summed E-state index contributed by atoms with van der Waals surface area (Å²) >= 11 is 0. The van der Waals surface area contributed by atoms with Gasteiger partial charge in [-0.1, -0.05) is 30.3 Å². The Morgan fingerprint density at radius 3 is 1.48 bits per heavy atom. The summed E-state index contributed by atoms with van der Waals surface area (Å²) in [5, 5.41) is 13.3. The number of rotatable bonds is 28. The largest absolute Gasteiger partial charge is 0.491 e. The van der Waals surface area contributed by atoms with Crippen LogP contribution in [0.5, 0.6) is 5.75 Å². The first kappa shape index (κ1) is 36.8. The Labute approximate surface area is 257 Å². The van der Waals surface area contributed by atoms with Crippen molar-refractivity contribution in [3.05, 3.63) is 70.3 Å². The van der Waals surface area contributed by atoms with E-state index in [4.69, 9.17) is 42.6 Å². The van der Waals surface area contributed by atoms with Crippen LogP contribution >= 0.6 is 0 Å². The number of nitro groups is 1. The maximum atomic E-state index is 11.6. The van der Waals surface area contributed by atoms with Crippen molar-refractivity contribution in [2.75, 3.05) is 106 Å². The first-order valence-corrected chi connectivity index (χ1v) is 14.5. The highest BCUT2D eigenvalue weighted by Crippen LogP contribution is 2.17. The number of non-ortho nitro benzene ring substituents is 1. The standard InChI is InChI=1S/C30H44N2O12/c33-30(44-26-27-4-2-1-3-5-27)31-10-11-36-12-13-37-14-15-38-16-17-39-18-19-40-20-21-41-22-23-42-24-25-43-29-8-6-28(7-9-29)32(34)35/h1-9H,10-26H2,(H,31,33). The molecular formula is C30H44N2O12. The van der Waals surface area contributed by atoms with Gasteiger partial charge in [0.1, 0.15) is 19.0 Å². The number of nitrogens with zero attached hydrogens (tertiary/aromatic N) is 1. The van der Waals surface area contributed by atoms with Crippen LogP contribution < -0.4 is 10.1 Å². The molecule has 0 heterocycles. The summed E-state index contributed by atoms with van der Waals surface area (Å²) in [4.78, 5) is 21.8. The summed E-state index contributed by atoms with van der Waals surface area (Å²) in [5.41, 5.74) is 0.954. The maximum Gasteiger partial charge on any atom is 0.407 e. The van der Waals surface area contributed by atoms with Gasteiger partial charge in [0.2, 0.25) is 0 Å². The molecule has 2 aromatic rings. The number of hydrogen-bond acceptors (Lipinski definition) is 12. The number of nitro benzene ring substituents is 1. The van der Waals surface area contributed by atoms with Crippen molar-refractivity contribution in [1.82, 2.24) is 5.32 Å². The monoisotopic (exact) mass is 624 g/mol. The number of ether oxygens (including phenoxy) is 9. The zero-order valence-electron chi connectivity index (χ0n) is 25.1. The summed E-state index contributed by atoms with van der Waals surface area (Å²) < 4.78 is 48.6. The Kier molecular flexibility index (Phi) is 21.8. The van der Waals surface area contributed by atoms with Gasteiger partial charge >= 0.3 is 6.09 Å². The molecule has 14 nitrogen and oxygen atoms in total. The van der Waals surface area contributed by atoms with Crippen molar-refractivity contribution in [3.63, 3.8) is 0 Å². The van der Waals surface area contributed by atoms with Gasteiger partial charge in [-0.3, -0.25) is 10.1 Å². The number of benzene rings is 2. The topological polar surface area (TPSA) is 155 Å². The second kappa shape index (κ2) is 26.1. The third-order valence-electron chi connectivity index (χ3n) is 5.50. The highest BCUT2D eigenvalue weighted by Gasteiger charge is 2.04. The molecule has 44 heavy (non-hydrogen) atoms. The highest BCUT2D eigenvalue weighted by atomic mass is 16.6. The second-order valence-corrected chi connectivity index (χ2v) is 8.87. The molecule has 0 bridgehead atoms. The van der Waals surface area contributed by atoms with Crippen LogP contribution in [0.25, 0.3) is 0 Å². The molecule has 2 aromatic carbocycles. The number of carbonyl (C=O) groups excluding carboxylic acids is 1. The molecule has 2 rings (SSSR count). The minimum atomic E-state index is -0.476. The molecule has 0 spiro atoms. The van der Waals surface area contributed by atoms with Crippen molar-refractivity contribution < 1.29 is 52.3 Å². The Morgan fingerprint density at radius 1 is 0.591 bits per heavy atom. The molecule has 0 fully saturated rings. The predicted molar refractivity (Wildman–Crippen MR) is 159 cm³/mol. The second-order valence-electron chi connectivity index (χ2n) is 8.87. The molecule has 0 aliphatic carbocycles. The highest BCUT2D eigenvalue weighted by molar-refractivity contribution is 5.67. The van der Waals surface area contributed by atoms with Crippen LogP contribution in [0.2, 0.25) is 0 Å². The van der Waals surface area contributed by atoms with Crippen LogP contribution in [-0.4, -0.2) is 117 Å². The van der Waals surface area contributed by atoms with Gasteiger partial charge in [-0.2, -0.15) is 0 Å². The molecule has 0 atom stereocenters.